The van der Waals surface area contributed by atoms with Crippen LogP contribution in [0.3, 0.4) is 0 Å². The molecule has 1 saturated carbocycles. The van der Waals surface area contributed by atoms with E-state index in [9.17, 15) is 0 Å². The lowest BCUT2D eigenvalue weighted by Crippen LogP contribution is -2.20. The summed E-state index contributed by atoms with van der Waals surface area (Å²) in [6.45, 7) is 2.35. The van der Waals surface area contributed by atoms with Crippen molar-refractivity contribution in [2.75, 3.05) is 0 Å². The first-order valence-corrected chi connectivity index (χ1v) is 6.00. The maximum Gasteiger partial charge on any atom is 0.00251 e. The largest absolute Gasteiger partial charge is 0.176 e. The highest BCUT2D eigenvalue weighted by atomic mass is 32.1. The SMILES string of the molecule is CC1CC(S)CC(c2ccccc2)C1. The predicted molar refractivity (Wildman–Crippen MR) is 65.0 cm³/mol. The Bertz CT molecular complexity index is 271. The van der Waals surface area contributed by atoms with Crippen molar-refractivity contribution in [1.29, 1.82) is 0 Å². The molecule has 0 heterocycles. The third kappa shape index (κ3) is 2.33. The molecule has 1 aliphatic rings. The molecule has 2 rings (SSSR count). The highest BCUT2D eigenvalue weighted by molar-refractivity contribution is 7.80. The topological polar surface area (TPSA) is 0 Å². The fourth-order valence-corrected chi connectivity index (χ4v) is 3.18. The van der Waals surface area contributed by atoms with Crippen molar-refractivity contribution in [3.05, 3.63) is 35.9 Å². The molecule has 1 aromatic rings. The lowest BCUT2D eigenvalue weighted by molar-refractivity contribution is 0.353. The lowest BCUT2D eigenvalue weighted by Gasteiger charge is -2.31. The predicted octanol–water partition coefficient (Wildman–Crippen LogP) is 3.89. The molecule has 1 aromatic carbocycles. The van der Waals surface area contributed by atoms with Crippen LogP contribution in [0.25, 0.3) is 0 Å². The fourth-order valence-electron chi connectivity index (χ4n) is 2.56. The molecular weight excluding hydrogens is 188 g/mol. The van der Waals surface area contributed by atoms with E-state index in [1.807, 2.05) is 0 Å². The number of thiol groups is 1. The van der Waals surface area contributed by atoms with Crippen LogP contribution in [0.1, 0.15) is 37.7 Å². The molecule has 14 heavy (non-hydrogen) atoms. The first-order chi connectivity index (χ1) is 6.75. The molecule has 0 radical (unpaired) electrons. The molecule has 3 unspecified atom stereocenters. The third-order valence-corrected chi connectivity index (χ3v) is 3.61. The first-order valence-electron chi connectivity index (χ1n) is 5.48. The number of benzene rings is 1. The zero-order chi connectivity index (χ0) is 9.97. The minimum absolute atomic E-state index is 0.601. The minimum Gasteiger partial charge on any atom is -0.176 e. The standard InChI is InChI=1S/C13H18S/c1-10-7-12(9-13(14)8-10)11-5-3-2-4-6-11/h2-6,10,12-14H,7-9H2,1H3. The molecule has 0 amide bonds. The van der Waals surface area contributed by atoms with Gasteiger partial charge in [0.25, 0.3) is 0 Å². The van der Waals surface area contributed by atoms with Gasteiger partial charge < -0.3 is 0 Å². The van der Waals surface area contributed by atoms with Gasteiger partial charge in [0.2, 0.25) is 0 Å². The van der Waals surface area contributed by atoms with E-state index in [1.54, 1.807) is 0 Å². The van der Waals surface area contributed by atoms with E-state index in [0.717, 1.165) is 11.8 Å². The second-order valence-corrected chi connectivity index (χ2v) is 5.30. The second kappa shape index (κ2) is 4.39. The molecule has 1 aliphatic carbocycles. The number of rotatable bonds is 1. The summed E-state index contributed by atoms with van der Waals surface area (Å²) >= 11 is 4.63. The molecule has 76 valence electrons. The fraction of sp³-hybridized carbons (Fsp3) is 0.538. The Morgan fingerprint density at radius 3 is 2.43 bits per heavy atom. The van der Waals surface area contributed by atoms with Crippen LogP contribution in [0.15, 0.2) is 30.3 Å². The number of hydrogen-bond donors (Lipinski definition) is 1. The Morgan fingerprint density at radius 1 is 1.07 bits per heavy atom. The molecule has 0 bridgehead atoms. The van der Waals surface area contributed by atoms with E-state index < -0.39 is 0 Å². The van der Waals surface area contributed by atoms with Crippen LogP contribution in [0.4, 0.5) is 0 Å². The van der Waals surface area contributed by atoms with E-state index in [2.05, 4.69) is 49.9 Å². The van der Waals surface area contributed by atoms with E-state index in [-0.39, 0.29) is 0 Å². The van der Waals surface area contributed by atoms with Gasteiger partial charge in [0.05, 0.1) is 0 Å². The highest BCUT2D eigenvalue weighted by Gasteiger charge is 2.25. The maximum absolute atomic E-state index is 4.63. The van der Waals surface area contributed by atoms with Crippen LogP contribution in [-0.2, 0) is 0 Å². The molecule has 1 fully saturated rings. The zero-order valence-corrected chi connectivity index (χ0v) is 9.58. The van der Waals surface area contributed by atoms with Crippen LogP contribution in [0.5, 0.6) is 0 Å². The molecule has 3 atom stereocenters. The van der Waals surface area contributed by atoms with E-state index >= 15 is 0 Å². The average Bonchev–Trinajstić information content (AvgIpc) is 2.18. The molecular formula is C13H18S. The first kappa shape index (κ1) is 10.1. The third-order valence-electron chi connectivity index (χ3n) is 3.19. The van der Waals surface area contributed by atoms with Crippen molar-refractivity contribution < 1.29 is 0 Å². The van der Waals surface area contributed by atoms with Crippen molar-refractivity contribution in [1.82, 2.24) is 0 Å². The summed E-state index contributed by atoms with van der Waals surface area (Å²) in [6, 6.07) is 10.9. The van der Waals surface area contributed by atoms with E-state index in [0.29, 0.717) is 5.25 Å². The monoisotopic (exact) mass is 206 g/mol. The van der Waals surface area contributed by atoms with Gasteiger partial charge in [0.15, 0.2) is 0 Å². The van der Waals surface area contributed by atoms with Gasteiger partial charge >= 0.3 is 0 Å². The Balaban J connectivity index is 2.11. The van der Waals surface area contributed by atoms with Crippen LogP contribution in [0, 0.1) is 5.92 Å². The second-order valence-electron chi connectivity index (χ2n) is 4.57. The Labute approximate surface area is 92.1 Å². The molecule has 0 nitrogen and oxygen atoms in total. The summed E-state index contributed by atoms with van der Waals surface area (Å²) in [7, 11) is 0. The van der Waals surface area contributed by atoms with Crippen molar-refractivity contribution >= 4 is 12.6 Å². The van der Waals surface area contributed by atoms with Gasteiger partial charge in [-0.3, -0.25) is 0 Å². The Morgan fingerprint density at radius 2 is 1.79 bits per heavy atom. The van der Waals surface area contributed by atoms with E-state index in [1.165, 1.54) is 24.8 Å². The van der Waals surface area contributed by atoms with Gasteiger partial charge in [-0.15, -0.1) is 0 Å². The van der Waals surface area contributed by atoms with E-state index in [4.69, 9.17) is 0 Å². The Hall–Kier alpha value is -0.430. The van der Waals surface area contributed by atoms with Crippen molar-refractivity contribution in [3.63, 3.8) is 0 Å². The highest BCUT2D eigenvalue weighted by Crippen LogP contribution is 2.37. The summed E-state index contributed by atoms with van der Waals surface area (Å²) < 4.78 is 0. The van der Waals surface area contributed by atoms with Gasteiger partial charge in [0, 0.05) is 5.25 Å². The average molecular weight is 206 g/mol. The number of hydrogen-bond acceptors (Lipinski definition) is 1. The van der Waals surface area contributed by atoms with Gasteiger partial charge in [0.1, 0.15) is 0 Å². The molecule has 0 aliphatic heterocycles. The van der Waals surface area contributed by atoms with Gasteiger partial charge in [-0.25, -0.2) is 0 Å². The normalized spacial score (nSPS) is 32.9. The molecule has 0 spiro atoms. The van der Waals surface area contributed by atoms with Gasteiger partial charge in [-0.2, -0.15) is 12.6 Å². The van der Waals surface area contributed by atoms with Crippen molar-refractivity contribution in [2.45, 2.75) is 37.4 Å². The molecule has 0 N–H and O–H groups in total. The van der Waals surface area contributed by atoms with Gasteiger partial charge in [-0.05, 0) is 36.7 Å². The summed E-state index contributed by atoms with van der Waals surface area (Å²) in [4.78, 5) is 0. The van der Waals surface area contributed by atoms with Gasteiger partial charge in [-0.1, -0.05) is 37.3 Å². The summed E-state index contributed by atoms with van der Waals surface area (Å²) in [5.74, 6) is 1.57. The molecule has 0 saturated heterocycles. The van der Waals surface area contributed by atoms with Crippen molar-refractivity contribution in [3.8, 4) is 0 Å². The lowest BCUT2D eigenvalue weighted by atomic mass is 9.78. The maximum atomic E-state index is 4.63. The van der Waals surface area contributed by atoms with Crippen LogP contribution in [-0.4, -0.2) is 5.25 Å². The molecule has 0 aromatic heterocycles. The smallest absolute Gasteiger partial charge is 0.00251 e. The van der Waals surface area contributed by atoms with Crippen LogP contribution >= 0.6 is 12.6 Å². The van der Waals surface area contributed by atoms with Crippen molar-refractivity contribution in [2.24, 2.45) is 5.92 Å². The summed E-state index contributed by atoms with van der Waals surface area (Å²) in [5.41, 5.74) is 1.50. The van der Waals surface area contributed by atoms with Crippen LogP contribution < -0.4 is 0 Å². The quantitative estimate of drug-likeness (QED) is 0.662. The summed E-state index contributed by atoms with van der Waals surface area (Å²) in [5, 5.41) is 0.601. The minimum atomic E-state index is 0.601. The Kier molecular flexibility index (Phi) is 3.17. The van der Waals surface area contributed by atoms with Crippen LogP contribution in [0.2, 0.25) is 0 Å². The molecule has 1 heteroatoms. The zero-order valence-electron chi connectivity index (χ0n) is 8.69. The summed E-state index contributed by atoms with van der Waals surface area (Å²) in [6.07, 6.45) is 3.87.